The fraction of sp³-hybridized carbons (Fsp3) is 0.233. The highest BCUT2D eigenvalue weighted by Crippen LogP contribution is 2.28. The molecule has 37 heavy (non-hydrogen) atoms. The molecule has 2 heterocycles. The molecule has 1 aliphatic heterocycles. The summed E-state index contributed by atoms with van der Waals surface area (Å²) in [5, 5.41) is 3.85. The molecule has 0 saturated carbocycles. The third-order valence-electron chi connectivity index (χ3n) is 6.66. The predicted molar refractivity (Wildman–Crippen MR) is 146 cm³/mol. The monoisotopic (exact) mass is 495 g/mol. The molecular formula is C30H29N3O4. The lowest BCUT2D eigenvalue weighted by molar-refractivity contribution is -0.134. The minimum absolute atomic E-state index is 0.0186. The molecule has 1 aliphatic rings. The van der Waals surface area contributed by atoms with Crippen molar-refractivity contribution < 1.29 is 14.0 Å². The second kappa shape index (κ2) is 10.3. The van der Waals surface area contributed by atoms with E-state index in [1.54, 1.807) is 36.4 Å². The summed E-state index contributed by atoms with van der Waals surface area (Å²) in [5.74, 6) is -0.121. The number of amides is 2. The van der Waals surface area contributed by atoms with Gasteiger partial charge in [0.25, 0.3) is 5.91 Å². The van der Waals surface area contributed by atoms with E-state index in [4.69, 9.17) is 4.42 Å². The zero-order valence-corrected chi connectivity index (χ0v) is 20.9. The van der Waals surface area contributed by atoms with Crippen LogP contribution >= 0.6 is 0 Å². The van der Waals surface area contributed by atoms with Crippen LogP contribution in [0.5, 0.6) is 0 Å². The topological polar surface area (TPSA) is 82.9 Å². The highest BCUT2D eigenvalue weighted by Gasteiger charge is 2.24. The Hall–Kier alpha value is -4.39. The molecular weight excluding hydrogens is 466 g/mol. The number of rotatable bonds is 5. The molecule has 0 bridgehead atoms. The summed E-state index contributed by atoms with van der Waals surface area (Å²) in [7, 11) is 0. The largest absolute Gasteiger partial charge is 0.422 e. The first-order chi connectivity index (χ1) is 17.9. The molecule has 0 unspecified atom stereocenters. The maximum absolute atomic E-state index is 13.3. The Morgan fingerprint density at radius 1 is 0.865 bits per heavy atom. The molecule has 1 N–H and O–H groups in total. The van der Waals surface area contributed by atoms with Gasteiger partial charge >= 0.3 is 5.63 Å². The Bertz CT molecular complexity index is 1520. The number of para-hydroxylation sites is 3. The molecule has 0 spiro atoms. The molecule has 7 nitrogen and oxygen atoms in total. The number of benzene rings is 3. The normalized spacial score (nSPS) is 13.7. The van der Waals surface area contributed by atoms with Crippen LogP contribution in [0.1, 0.15) is 24.2 Å². The highest BCUT2D eigenvalue weighted by atomic mass is 16.4. The molecule has 4 aromatic rings. The summed E-state index contributed by atoms with van der Waals surface area (Å²) >= 11 is 0. The maximum Gasteiger partial charge on any atom is 0.344 e. The number of carbonyl (C=O) groups excluding carboxylic acids is 2. The lowest BCUT2D eigenvalue weighted by atomic mass is 10.0. The van der Waals surface area contributed by atoms with Crippen molar-refractivity contribution in [1.82, 2.24) is 4.90 Å². The van der Waals surface area contributed by atoms with Gasteiger partial charge in [-0.2, -0.15) is 0 Å². The van der Waals surface area contributed by atoms with Crippen LogP contribution in [0.3, 0.4) is 0 Å². The Morgan fingerprint density at radius 3 is 2.38 bits per heavy atom. The summed E-state index contributed by atoms with van der Waals surface area (Å²) in [4.78, 5) is 42.3. The van der Waals surface area contributed by atoms with Crippen LogP contribution < -0.4 is 15.8 Å². The van der Waals surface area contributed by atoms with Gasteiger partial charge in [-0.25, -0.2) is 4.79 Å². The maximum atomic E-state index is 13.3. The molecule has 0 radical (unpaired) electrons. The van der Waals surface area contributed by atoms with Crippen LogP contribution in [0.2, 0.25) is 0 Å². The molecule has 1 saturated heterocycles. The SMILES string of the molecule is CC(C)C(=O)N1CCN(c2ccccc2NC(=O)c2cccc(-c3cc4ccccc4oc3=O)c2)CC1. The molecule has 188 valence electrons. The molecule has 1 aromatic heterocycles. The second-order valence-electron chi connectivity index (χ2n) is 9.50. The number of piperazine rings is 1. The van der Waals surface area contributed by atoms with Crippen LogP contribution in [0.25, 0.3) is 22.1 Å². The van der Waals surface area contributed by atoms with E-state index in [9.17, 15) is 14.4 Å². The van der Waals surface area contributed by atoms with Crippen LogP contribution in [-0.2, 0) is 4.79 Å². The lowest BCUT2D eigenvalue weighted by Gasteiger charge is -2.37. The first-order valence-electron chi connectivity index (χ1n) is 12.5. The van der Waals surface area contributed by atoms with E-state index in [0.717, 1.165) is 11.1 Å². The van der Waals surface area contributed by atoms with Gasteiger partial charge in [-0.05, 0) is 42.0 Å². The van der Waals surface area contributed by atoms with Gasteiger partial charge in [0.05, 0.1) is 16.9 Å². The zero-order valence-electron chi connectivity index (χ0n) is 20.9. The van der Waals surface area contributed by atoms with Gasteiger partial charge in [-0.1, -0.05) is 56.3 Å². The van der Waals surface area contributed by atoms with Crippen molar-refractivity contribution in [2.45, 2.75) is 13.8 Å². The number of nitrogens with zero attached hydrogens (tertiary/aromatic N) is 2. The van der Waals surface area contributed by atoms with Gasteiger partial charge in [0.15, 0.2) is 0 Å². The quantitative estimate of drug-likeness (QED) is 0.393. The van der Waals surface area contributed by atoms with Gasteiger partial charge in [0.2, 0.25) is 5.91 Å². The van der Waals surface area contributed by atoms with Crippen LogP contribution in [0, 0.1) is 5.92 Å². The fourth-order valence-electron chi connectivity index (χ4n) is 4.67. The highest BCUT2D eigenvalue weighted by molar-refractivity contribution is 6.06. The summed E-state index contributed by atoms with van der Waals surface area (Å²) in [6, 6.07) is 23.8. The van der Waals surface area contributed by atoms with E-state index in [-0.39, 0.29) is 17.7 Å². The Kier molecular flexibility index (Phi) is 6.77. The van der Waals surface area contributed by atoms with Crippen molar-refractivity contribution in [3.05, 3.63) is 94.8 Å². The summed E-state index contributed by atoms with van der Waals surface area (Å²) in [5.41, 5.74) is 3.15. The van der Waals surface area contributed by atoms with E-state index >= 15 is 0 Å². The van der Waals surface area contributed by atoms with Crippen molar-refractivity contribution >= 4 is 34.2 Å². The number of fused-ring (bicyclic) bond motifs is 1. The van der Waals surface area contributed by atoms with Crippen molar-refractivity contribution in [3.8, 4) is 11.1 Å². The van der Waals surface area contributed by atoms with E-state index in [1.807, 2.05) is 61.2 Å². The zero-order chi connectivity index (χ0) is 25.9. The Balaban J connectivity index is 1.35. The minimum atomic E-state index is -0.448. The van der Waals surface area contributed by atoms with E-state index in [2.05, 4.69) is 10.2 Å². The standard InChI is InChI=1S/C30H29N3O4/c1-20(2)29(35)33-16-14-32(15-17-33)26-12-5-4-11-25(26)31-28(34)23-10-7-9-21(18-23)24-19-22-8-3-6-13-27(22)37-30(24)36/h3-13,18-20H,14-17H2,1-2H3,(H,31,34). The van der Waals surface area contributed by atoms with Crippen LogP contribution in [0.15, 0.2) is 88.1 Å². The number of hydrogen-bond donors (Lipinski definition) is 1. The summed E-state index contributed by atoms with van der Waals surface area (Å²) < 4.78 is 5.48. The average molecular weight is 496 g/mol. The van der Waals surface area contributed by atoms with Crippen LogP contribution in [-0.4, -0.2) is 42.9 Å². The number of anilines is 2. The molecule has 0 atom stereocenters. The molecule has 1 fully saturated rings. The van der Waals surface area contributed by atoms with E-state index in [0.29, 0.717) is 54.1 Å². The molecule has 2 amide bonds. The third-order valence-corrected chi connectivity index (χ3v) is 6.66. The molecule has 7 heteroatoms. The molecule has 3 aromatic carbocycles. The fourth-order valence-corrected chi connectivity index (χ4v) is 4.67. The van der Waals surface area contributed by atoms with Crippen molar-refractivity contribution in [2.75, 3.05) is 36.4 Å². The van der Waals surface area contributed by atoms with Gasteiger partial charge < -0.3 is 19.5 Å². The van der Waals surface area contributed by atoms with Crippen molar-refractivity contribution in [1.29, 1.82) is 0 Å². The number of nitrogens with one attached hydrogen (secondary N) is 1. The second-order valence-corrected chi connectivity index (χ2v) is 9.50. The third kappa shape index (κ3) is 5.11. The van der Waals surface area contributed by atoms with Gasteiger partial charge in [-0.3, -0.25) is 9.59 Å². The number of carbonyl (C=O) groups is 2. The smallest absolute Gasteiger partial charge is 0.344 e. The predicted octanol–water partition coefficient (Wildman–Crippen LogP) is 5.02. The number of hydrogen-bond acceptors (Lipinski definition) is 5. The first-order valence-corrected chi connectivity index (χ1v) is 12.5. The summed E-state index contributed by atoms with van der Waals surface area (Å²) in [6.07, 6.45) is 0. The first kappa shape index (κ1) is 24.3. The Labute approximate surface area is 215 Å². The van der Waals surface area contributed by atoms with Gasteiger partial charge in [0.1, 0.15) is 5.58 Å². The van der Waals surface area contributed by atoms with E-state index < -0.39 is 5.63 Å². The summed E-state index contributed by atoms with van der Waals surface area (Å²) in [6.45, 7) is 6.52. The lowest BCUT2D eigenvalue weighted by Crippen LogP contribution is -2.50. The van der Waals surface area contributed by atoms with Crippen molar-refractivity contribution in [2.24, 2.45) is 5.92 Å². The van der Waals surface area contributed by atoms with Crippen LogP contribution in [0.4, 0.5) is 11.4 Å². The van der Waals surface area contributed by atoms with Gasteiger partial charge in [-0.15, -0.1) is 0 Å². The molecule has 5 rings (SSSR count). The molecule has 0 aliphatic carbocycles. The minimum Gasteiger partial charge on any atom is -0.422 e. The average Bonchev–Trinajstić information content (AvgIpc) is 2.92. The Morgan fingerprint density at radius 2 is 1.59 bits per heavy atom. The van der Waals surface area contributed by atoms with Gasteiger partial charge in [0, 0.05) is 43.0 Å². The van der Waals surface area contributed by atoms with Crippen molar-refractivity contribution in [3.63, 3.8) is 0 Å². The van der Waals surface area contributed by atoms with E-state index in [1.165, 1.54) is 0 Å².